The van der Waals surface area contributed by atoms with Crippen molar-refractivity contribution in [3.8, 4) is 72.8 Å². The average molecular weight is 553 g/mol. The smallest absolute Gasteiger partial charge is 0.116 e. The van der Waals surface area contributed by atoms with E-state index in [4.69, 9.17) is 4.98 Å². The summed E-state index contributed by atoms with van der Waals surface area (Å²) < 4.78 is 0. The Hall–Kier alpha value is -5.80. The number of hydrogen-bond donors (Lipinski definition) is 1. The maximum atomic E-state index is 10.9. The van der Waals surface area contributed by atoms with Crippen LogP contribution in [0.25, 0.3) is 67.0 Å². The van der Waals surface area contributed by atoms with Crippen LogP contribution in [0.15, 0.2) is 164 Å². The molecule has 0 amide bonds. The fourth-order valence-corrected chi connectivity index (χ4v) is 5.58. The van der Waals surface area contributed by atoms with Crippen molar-refractivity contribution >= 4 is 0 Å². The highest BCUT2D eigenvalue weighted by Crippen LogP contribution is 2.39. The number of phenolic OH excluding ortho intramolecular Hbond substituents is 1. The van der Waals surface area contributed by atoms with Crippen molar-refractivity contribution in [2.24, 2.45) is 0 Å². The standard InChI is InChI=1S/C40H28N2O/c43-34-25-32(37-14-6-4-12-35(37)28-17-19-30(20-18-28)39-16-8-9-23-41-39)24-33(26-34)38-15-7-5-13-36(38)31-21-22-40(42-27-31)29-10-2-1-3-11-29/h1-27,43H. The third-order valence-electron chi connectivity index (χ3n) is 7.69. The molecule has 3 heteroatoms. The quantitative estimate of drug-likeness (QED) is 0.223. The van der Waals surface area contributed by atoms with Gasteiger partial charge in [-0.1, -0.05) is 115 Å². The Labute approximate surface area is 251 Å². The molecular weight excluding hydrogens is 524 g/mol. The van der Waals surface area contributed by atoms with Crippen molar-refractivity contribution in [2.75, 3.05) is 0 Å². The zero-order valence-corrected chi connectivity index (χ0v) is 23.4. The molecule has 0 aliphatic carbocycles. The van der Waals surface area contributed by atoms with Crippen LogP contribution in [0.3, 0.4) is 0 Å². The summed E-state index contributed by atoms with van der Waals surface area (Å²) in [6, 6.07) is 51.2. The molecule has 0 atom stereocenters. The summed E-state index contributed by atoms with van der Waals surface area (Å²) in [5.41, 5.74) is 12.3. The van der Waals surface area contributed by atoms with E-state index < -0.39 is 0 Å². The highest BCUT2D eigenvalue weighted by atomic mass is 16.3. The van der Waals surface area contributed by atoms with Crippen LogP contribution >= 0.6 is 0 Å². The van der Waals surface area contributed by atoms with E-state index in [-0.39, 0.29) is 5.75 Å². The summed E-state index contributed by atoms with van der Waals surface area (Å²) in [6.45, 7) is 0. The molecule has 7 rings (SSSR count). The predicted octanol–water partition coefficient (Wildman–Crippen LogP) is 10.2. The topological polar surface area (TPSA) is 46.0 Å². The van der Waals surface area contributed by atoms with E-state index in [1.807, 2.05) is 79.1 Å². The zero-order valence-electron chi connectivity index (χ0n) is 23.4. The highest BCUT2D eigenvalue weighted by Gasteiger charge is 2.14. The first-order valence-corrected chi connectivity index (χ1v) is 14.3. The zero-order chi connectivity index (χ0) is 29.0. The lowest BCUT2D eigenvalue weighted by atomic mass is 9.90. The third kappa shape index (κ3) is 5.44. The summed E-state index contributed by atoms with van der Waals surface area (Å²) in [7, 11) is 0. The Kier molecular flexibility index (Phi) is 7.04. The first-order chi connectivity index (χ1) is 21.2. The molecule has 2 heterocycles. The van der Waals surface area contributed by atoms with Crippen molar-refractivity contribution in [3.05, 3.63) is 164 Å². The van der Waals surface area contributed by atoms with Gasteiger partial charge in [-0.25, -0.2) is 0 Å². The molecule has 2 aromatic heterocycles. The number of aromatic nitrogens is 2. The fourth-order valence-electron chi connectivity index (χ4n) is 5.58. The Morgan fingerprint density at radius 2 is 0.837 bits per heavy atom. The van der Waals surface area contributed by atoms with Crippen LogP contribution < -0.4 is 0 Å². The minimum absolute atomic E-state index is 0.222. The average Bonchev–Trinajstić information content (AvgIpc) is 3.09. The van der Waals surface area contributed by atoms with E-state index in [1.165, 1.54) is 0 Å². The van der Waals surface area contributed by atoms with Crippen molar-refractivity contribution in [1.82, 2.24) is 9.97 Å². The van der Waals surface area contributed by atoms with Gasteiger partial charge in [-0.15, -0.1) is 0 Å². The van der Waals surface area contributed by atoms with E-state index in [1.54, 1.807) is 0 Å². The van der Waals surface area contributed by atoms with Crippen molar-refractivity contribution in [2.45, 2.75) is 0 Å². The summed E-state index contributed by atoms with van der Waals surface area (Å²) in [4.78, 5) is 9.24. The van der Waals surface area contributed by atoms with E-state index in [2.05, 4.69) is 89.9 Å². The number of hydrogen-bond acceptors (Lipinski definition) is 3. The van der Waals surface area contributed by atoms with Gasteiger partial charge in [0, 0.05) is 29.1 Å². The van der Waals surface area contributed by atoms with Crippen LogP contribution in [0.1, 0.15) is 0 Å². The summed E-state index contributed by atoms with van der Waals surface area (Å²) in [6.07, 6.45) is 3.74. The van der Waals surface area contributed by atoms with E-state index in [9.17, 15) is 5.11 Å². The van der Waals surface area contributed by atoms with Crippen LogP contribution in [0, 0.1) is 0 Å². The second kappa shape index (κ2) is 11.6. The summed E-state index contributed by atoms with van der Waals surface area (Å²) >= 11 is 0. The van der Waals surface area contributed by atoms with Gasteiger partial charge in [0.25, 0.3) is 0 Å². The minimum atomic E-state index is 0.222. The molecule has 204 valence electrons. The molecule has 0 fully saturated rings. The summed E-state index contributed by atoms with van der Waals surface area (Å²) in [5.74, 6) is 0.222. The van der Waals surface area contributed by atoms with Crippen molar-refractivity contribution in [3.63, 3.8) is 0 Å². The molecule has 0 bridgehead atoms. The first-order valence-electron chi connectivity index (χ1n) is 14.3. The van der Waals surface area contributed by atoms with Crippen molar-refractivity contribution < 1.29 is 5.11 Å². The lowest BCUT2D eigenvalue weighted by molar-refractivity contribution is 0.476. The molecule has 0 aliphatic heterocycles. The normalized spacial score (nSPS) is 10.9. The second-order valence-electron chi connectivity index (χ2n) is 10.5. The van der Waals surface area contributed by atoms with Crippen LogP contribution in [0.4, 0.5) is 0 Å². The third-order valence-corrected chi connectivity index (χ3v) is 7.69. The molecule has 0 unspecified atom stereocenters. The van der Waals surface area contributed by atoms with Crippen LogP contribution in [-0.2, 0) is 0 Å². The number of rotatable bonds is 6. The SMILES string of the molecule is Oc1cc(-c2ccccc2-c2ccc(-c3ccccn3)cc2)cc(-c2ccccc2-c2ccc(-c3ccccc3)nc2)c1. The van der Waals surface area contributed by atoms with Crippen molar-refractivity contribution in [1.29, 1.82) is 0 Å². The Morgan fingerprint density at radius 3 is 1.42 bits per heavy atom. The van der Waals surface area contributed by atoms with Crippen LogP contribution in [-0.4, -0.2) is 15.1 Å². The molecule has 7 aromatic rings. The maximum absolute atomic E-state index is 10.9. The van der Waals surface area contributed by atoms with Crippen LogP contribution in [0.5, 0.6) is 5.75 Å². The number of pyridine rings is 2. The van der Waals surface area contributed by atoms with Gasteiger partial charge < -0.3 is 5.11 Å². The maximum Gasteiger partial charge on any atom is 0.116 e. The molecule has 5 aromatic carbocycles. The van der Waals surface area contributed by atoms with Gasteiger partial charge in [-0.05, 0) is 75.3 Å². The minimum Gasteiger partial charge on any atom is -0.508 e. The Bertz CT molecular complexity index is 1860. The molecule has 0 saturated carbocycles. The largest absolute Gasteiger partial charge is 0.508 e. The molecule has 0 radical (unpaired) electrons. The predicted molar refractivity (Wildman–Crippen MR) is 176 cm³/mol. The Morgan fingerprint density at radius 1 is 0.349 bits per heavy atom. The van der Waals surface area contributed by atoms with Gasteiger partial charge in [0.2, 0.25) is 0 Å². The lowest BCUT2D eigenvalue weighted by Crippen LogP contribution is -1.90. The van der Waals surface area contributed by atoms with Crippen LogP contribution in [0.2, 0.25) is 0 Å². The highest BCUT2D eigenvalue weighted by molar-refractivity contribution is 5.90. The van der Waals surface area contributed by atoms with Gasteiger partial charge >= 0.3 is 0 Å². The molecule has 1 N–H and O–H groups in total. The monoisotopic (exact) mass is 552 g/mol. The van der Waals surface area contributed by atoms with Gasteiger partial charge in [-0.3, -0.25) is 9.97 Å². The van der Waals surface area contributed by atoms with E-state index >= 15 is 0 Å². The number of benzene rings is 5. The molecule has 0 spiro atoms. The van der Waals surface area contributed by atoms with E-state index in [0.29, 0.717) is 0 Å². The molecule has 0 aliphatic rings. The number of nitrogens with zero attached hydrogens (tertiary/aromatic N) is 2. The number of aromatic hydroxyl groups is 1. The lowest BCUT2D eigenvalue weighted by Gasteiger charge is -2.15. The van der Waals surface area contributed by atoms with Gasteiger partial charge in [-0.2, -0.15) is 0 Å². The molecular formula is C40H28N2O. The first kappa shape index (κ1) is 26.1. The van der Waals surface area contributed by atoms with Gasteiger partial charge in [0.1, 0.15) is 5.75 Å². The molecule has 3 nitrogen and oxygen atoms in total. The van der Waals surface area contributed by atoms with E-state index in [0.717, 1.165) is 67.0 Å². The Balaban J connectivity index is 1.26. The molecule has 0 saturated heterocycles. The second-order valence-corrected chi connectivity index (χ2v) is 10.5. The van der Waals surface area contributed by atoms with Gasteiger partial charge in [0.15, 0.2) is 0 Å². The number of phenols is 1. The fraction of sp³-hybridized carbons (Fsp3) is 0. The summed E-state index contributed by atoms with van der Waals surface area (Å²) in [5, 5.41) is 10.9. The van der Waals surface area contributed by atoms with Gasteiger partial charge in [0.05, 0.1) is 11.4 Å². The molecule has 43 heavy (non-hydrogen) atoms.